The molecule has 0 saturated carbocycles. The summed E-state index contributed by atoms with van der Waals surface area (Å²) in [5.41, 5.74) is 0.278. The van der Waals surface area contributed by atoms with Gasteiger partial charge in [0.25, 0.3) is 0 Å². The van der Waals surface area contributed by atoms with Crippen molar-refractivity contribution in [2.24, 2.45) is 0 Å². The maximum absolute atomic E-state index is 10.3. The van der Waals surface area contributed by atoms with Gasteiger partial charge in [-0.25, -0.2) is 4.98 Å². The van der Waals surface area contributed by atoms with E-state index in [-0.39, 0.29) is 5.57 Å². The zero-order valence-corrected chi connectivity index (χ0v) is 7.43. The van der Waals surface area contributed by atoms with Crippen LogP contribution in [0.4, 0.5) is 0 Å². The highest BCUT2D eigenvalue weighted by molar-refractivity contribution is 5.83. The van der Waals surface area contributed by atoms with Crippen molar-refractivity contribution in [2.75, 3.05) is 0 Å². The number of imidazole rings is 1. The van der Waals surface area contributed by atoms with Gasteiger partial charge >= 0.3 is 0 Å². The summed E-state index contributed by atoms with van der Waals surface area (Å²) >= 11 is 0. The number of nitrogens with zero attached hydrogens (tertiary/aromatic N) is 2. The second kappa shape index (κ2) is 4.45. The molecule has 0 unspecified atom stereocenters. The molecule has 1 rings (SSSR count). The molecule has 0 N–H and O–H groups in total. The summed E-state index contributed by atoms with van der Waals surface area (Å²) in [6, 6.07) is 0. The number of carbonyl (C=O) groups is 1. The van der Waals surface area contributed by atoms with Crippen LogP contribution >= 0.6 is 0 Å². The maximum atomic E-state index is 10.3. The Labute approximate surface area is 76.5 Å². The normalized spacial score (nSPS) is 11.6. The molecular weight excluding hydrogens is 168 g/mol. The van der Waals surface area contributed by atoms with E-state index in [0.29, 0.717) is 6.42 Å². The molecule has 70 valence electrons. The molecule has 0 radical (unpaired) electrons. The minimum absolute atomic E-state index is 0.278. The number of carboxylic acid groups (broad SMARTS) is 1. The molecule has 0 bridgehead atoms. The average Bonchev–Trinajstić information content (AvgIpc) is 2.56. The summed E-state index contributed by atoms with van der Waals surface area (Å²) in [6.07, 6.45) is 7.55. The van der Waals surface area contributed by atoms with Gasteiger partial charge in [0.15, 0.2) is 0 Å². The van der Waals surface area contributed by atoms with Gasteiger partial charge in [0.1, 0.15) is 0 Å². The average molecular weight is 179 g/mol. The van der Waals surface area contributed by atoms with Crippen LogP contribution in [-0.2, 0) is 11.3 Å². The van der Waals surface area contributed by atoms with Crippen molar-refractivity contribution in [2.45, 2.75) is 19.9 Å². The number of hydrogen-bond donors (Lipinski definition) is 0. The predicted octanol–water partition coefficient (Wildman–Crippen LogP) is -0.0306. The van der Waals surface area contributed by atoms with Crippen LogP contribution in [-0.4, -0.2) is 15.5 Å². The van der Waals surface area contributed by atoms with Gasteiger partial charge in [0.05, 0.1) is 12.3 Å². The minimum Gasteiger partial charge on any atom is -0.545 e. The number of hydrogen-bond acceptors (Lipinski definition) is 3. The van der Waals surface area contributed by atoms with Crippen LogP contribution in [0.2, 0.25) is 0 Å². The van der Waals surface area contributed by atoms with Crippen LogP contribution in [0.5, 0.6) is 0 Å². The van der Waals surface area contributed by atoms with Crippen molar-refractivity contribution < 1.29 is 9.90 Å². The zero-order chi connectivity index (χ0) is 9.68. The molecule has 0 fully saturated rings. The quantitative estimate of drug-likeness (QED) is 0.610. The van der Waals surface area contributed by atoms with Crippen molar-refractivity contribution in [1.29, 1.82) is 0 Å². The van der Waals surface area contributed by atoms with Gasteiger partial charge < -0.3 is 14.5 Å². The van der Waals surface area contributed by atoms with E-state index in [0.717, 1.165) is 6.54 Å². The molecule has 0 aliphatic rings. The number of aromatic nitrogens is 2. The molecule has 0 spiro atoms. The van der Waals surface area contributed by atoms with Gasteiger partial charge in [-0.05, 0) is 18.9 Å². The number of carbonyl (C=O) groups excluding carboxylic acids is 1. The van der Waals surface area contributed by atoms with E-state index in [2.05, 4.69) is 4.98 Å². The van der Waals surface area contributed by atoms with Crippen LogP contribution in [0, 0.1) is 0 Å². The number of aryl methyl sites for hydroxylation is 1. The second-order valence-corrected chi connectivity index (χ2v) is 2.76. The van der Waals surface area contributed by atoms with Crippen LogP contribution in [0.25, 0.3) is 0 Å². The van der Waals surface area contributed by atoms with E-state index in [1.807, 2.05) is 10.8 Å². The highest BCUT2D eigenvalue weighted by atomic mass is 16.4. The van der Waals surface area contributed by atoms with Crippen molar-refractivity contribution in [3.05, 3.63) is 30.4 Å². The van der Waals surface area contributed by atoms with Crippen LogP contribution < -0.4 is 5.11 Å². The van der Waals surface area contributed by atoms with Gasteiger partial charge in [0.2, 0.25) is 0 Å². The van der Waals surface area contributed by atoms with E-state index < -0.39 is 5.97 Å². The number of rotatable bonds is 4. The standard InChI is InChI=1S/C9H12N2O2/c1-8(9(12)13)3-2-5-11-6-4-10-7-11/h3-4,6-7H,2,5H2,1H3,(H,12,13)/p-1/b8-3+. The molecule has 0 aliphatic heterocycles. The van der Waals surface area contributed by atoms with E-state index in [9.17, 15) is 9.90 Å². The Morgan fingerprint density at radius 3 is 3.00 bits per heavy atom. The molecule has 0 atom stereocenters. The van der Waals surface area contributed by atoms with E-state index in [1.165, 1.54) is 6.92 Å². The fourth-order valence-corrected chi connectivity index (χ4v) is 0.932. The lowest BCUT2D eigenvalue weighted by molar-refractivity contribution is -0.299. The molecule has 0 amide bonds. The molecule has 4 nitrogen and oxygen atoms in total. The summed E-state index contributed by atoms with van der Waals surface area (Å²) < 4.78 is 1.89. The Hall–Kier alpha value is -1.58. The zero-order valence-electron chi connectivity index (χ0n) is 7.43. The van der Waals surface area contributed by atoms with E-state index >= 15 is 0 Å². The fraction of sp³-hybridized carbons (Fsp3) is 0.333. The lowest BCUT2D eigenvalue weighted by Crippen LogP contribution is -2.23. The molecule has 1 aromatic rings. The van der Waals surface area contributed by atoms with Crippen LogP contribution in [0.15, 0.2) is 30.4 Å². The fourth-order valence-electron chi connectivity index (χ4n) is 0.932. The van der Waals surface area contributed by atoms with Crippen molar-refractivity contribution in [3.63, 3.8) is 0 Å². The first-order valence-electron chi connectivity index (χ1n) is 4.04. The topological polar surface area (TPSA) is 58.0 Å². The van der Waals surface area contributed by atoms with Gasteiger partial charge in [-0.1, -0.05) is 6.08 Å². The predicted molar refractivity (Wildman–Crippen MR) is 45.6 cm³/mol. The first kappa shape index (κ1) is 9.51. The van der Waals surface area contributed by atoms with Crippen molar-refractivity contribution in [3.8, 4) is 0 Å². The monoisotopic (exact) mass is 179 g/mol. The van der Waals surface area contributed by atoms with E-state index in [4.69, 9.17) is 0 Å². The van der Waals surface area contributed by atoms with Gasteiger partial charge in [-0.3, -0.25) is 0 Å². The molecule has 1 heterocycles. The molecule has 1 aromatic heterocycles. The third-order valence-electron chi connectivity index (χ3n) is 1.72. The SMILES string of the molecule is C/C(=C\CCn1ccnc1)C(=O)[O-]. The van der Waals surface area contributed by atoms with Crippen molar-refractivity contribution in [1.82, 2.24) is 9.55 Å². The van der Waals surface area contributed by atoms with Gasteiger partial charge in [-0.2, -0.15) is 0 Å². The molecule has 0 aliphatic carbocycles. The Kier molecular flexibility index (Phi) is 3.25. The summed E-state index contributed by atoms with van der Waals surface area (Å²) in [4.78, 5) is 14.2. The third kappa shape index (κ3) is 3.11. The van der Waals surface area contributed by atoms with Crippen LogP contribution in [0.3, 0.4) is 0 Å². The second-order valence-electron chi connectivity index (χ2n) is 2.76. The summed E-state index contributed by atoms with van der Waals surface area (Å²) in [6.45, 7) is 2.27. The number of carboxylic acids is 1. The Bertz CT molecular complexity index is 301. The Morgan fingerprint density at radius 2 is 2.46 bits per heavy atom. The summed E-state index contributed by atoms with van der Waals surface area (Å²) in [5, 5.41) is 10.3. The number of aliphatic carboxylic acids is 1. The summed E-state index contributed by atoms with van der Waals surface area (Å²) in [7, 11) is 0. The largest absolute Gasteiger partial charge is 0.545 e. The minimum atomic E-state index is -1.11. The molecule has 0 saturated heterocycles. The highest BCUT2D eigenvalue weighted by Gasteiger charge is 1.90. The Balaban J connectivity index is 2.36. The van der Waals surface area contributed by atoms with Gasteiger partial charge in [-0.15, -0.1) is 0 Å². The third-order valence-corrected chi connectivity index (χ3v) is 1.72. The molecular formula is C9H11N2O2-. The molecule has 13 heavy (non-hydrogen) atoms. The lowest BCUT2D eigenvalue weighted by Gasteiger charge is -2.02. The van der Waals surface area contributed by atoms with Gasteiger partial charge in [0, 0.05) is 18.9 Å². The molecule has 0 aromatic carbocycles. The van der Waals surface area contributed by atoms with Crippen molar-refractivity contribution >= 4 is 5.97 Å². The van der Waals surface area contributed by atoms with E-state index in [1.54, 1.807) is 18.6 Å². The smallest absolute Gasteiger partial charge is 0.0946 e. The number of allylic oxidation sites excluding steroid dienone is 1. The first-order valence-corrected chi connectivity index (χ1v) is 4.04. The molecule has 4 heteroatoms. The first-order chi connectivity index (χ1) is 6.20. The maximum Gasteiger partial charge on any atom is 0.0946 e. The Morgan fingerprint density at radius 1 is 1.69 bits per heavy atom. The lowest BCUT2D eigenvalue weighted by atomic mass is 10.2. The van der Waals surface area contributed by atoms with Crippen LogP contribution in [0.1, 0.15) is 13.3 Å². The summed E-state index contributed by atoms with van der Waals surface area (Å²) in [5.74, 6) is -1.11. The highest BCUT2D eigenvalue weighted by Crippen LogP contribution is 1.96.